The fourth-order valence-corrected chi connectivity index (χ4v) is 4.60. The first kappa shape index (κ1) is 16.7. The van der Waals surface area contributed by atoms with Gasteiger partial charge in [-0.05, 0) is 36.6 Å². The number of carbonyl (C=O) groups excluding carboxylic acids is 2. The summed E-state index contributed by atoms with van der Waals surface area (Å²) in [6, 6.07) is 9.86. The van der Waals surface area contributed by atoms with Crippen LogP contribution < -0.4 is 5.32 Å². The van der Waals surface area contributed by atoms with E-state index < -0.39 is 17.1 Å². The molecule has 2 aliphatic heterocycles. The maximum Gasteiger partial charge on any atom is 0.412 e. The van der Waals surface area contributed by atoms with Crippen molar-refractivity contribution < 1.29 is 14.3 Å². The van der Waals surface area contributed by atoms with Crippen molar-refractivity contribution >= 4 is 33.6 Å². The molecule has 1 aromatic carbocycles. The number of nitrogens with zero attached hydrogens (tertiary/aromatic N) is 2. The van der Waals surface area contributed by atoms with Crippen molar-refractivity contribution in [3.8, 4) is 0 Å². The topological polar surface area (TPSA) is 71.5 Å². The van der Waals surface area contributed by atoms with Gasteiger partial charge in [0.2, 0.25) is 5.91 Å². The number of hydrogen-bond acceptors (Lipinski definition) is 4. The molecule has 1 N–H and O–H groups in total. The molecule has 2 fully saturated rings. The van der Waals surface area contributed by atoms with Gasteiger partial charge in [-0.15, -0.1) is 0 Å². The lowest BCUT2D eigenvalue weighted by Crippen LogP contribution is -2.44. The van der Waals surface area contributed by atoms with Crippen LogP contribution in [-0.2, 0) is 20.5 Å². The minimum Gasteiger partial charge on any atom is -0.436 e. The lowest BCUT2D eigenvalue weighted by atomic mass is 9.91. The summed E-state index contributed by atoms with van der Waals surface area (Å²) in [4.78, 5) is 31.4. The van der Waals surface area contributed by atoms with E-state index in [0.717, 1.165) is 28.4 Å². The van der Waals surface area contributed by atoms with Gasteiger partial charge >= 0.3 is 6.09 Å². The molecular weight excluding hydrogens is 410 g/mol. The molecular formula is C20H18BrN3O3. The molecule has 2 amide bonds. The average molecular weight is 428 g/mol. The standard InChI is InChI=1S/C20H18BrN3O3/c21-14-3-1-13(2-4-14)19(6-7-19)17(25)24-10-8-20(12-24)15-5-9-22-11-16(15)23-18(26)27-20/h1-5,9,11H,6-8,10,12H2,(H,23,26). The summed E-state index contributed by atoms with van der Waals surface area (Å²) in [5.41, 5.74) is 1.40. The zero-order valence-electron chi connectivity index (χ0n) is 14.6. The number of rotatable bonds is 2. The number of pyridine rings is 1. The number of ether oxygens (including phenoxy) is 1. The number of halogens is 1. The van der Waals surface area contributed by atoms with Crippen molar-refractivity contribution in [3.05, 3.63) is 58.3 Å². The number of hydrogen-bond donors (Lipinski definition) is 1. The van der Waals surface area contributed by atoms with Crippen molar-refractivity contribution in [2.24, 2.45) is 0 Å². The van der Waals surface area contributed by atoms with Crippen LogP contribution in [0, 0.1) is 0 Å². The first-order valence-corrected chi connectivity index (χ1v) is 9.82. The molecule has 3 heterocycles. The molecule has 1 aliphatic carbocycles. The van der Waals surface area contributed by atoms with Gasteiger partial charge < -0.3 is 9.64 Å². The van der Waals surface area contributed by atoms with Gasteiger partial charge in [0.25, 0.3) is 0 Å². The summed E-state index contributed by atoms with van der Waals surface area (Å²) in [5.74, 6) is 0.131. The third kappa shape index (κ3) is 2.56. The second-order valence-electron chi connectivity index (χ2n) is 7.50. The Bertz CT molecular complexity index is 942. The first-order valence-electron chi connectivity index (χ1n) is 9.02. The number of carbonyl (C=O) groups is 2. The normalized spacial score (nSPS) is 24.9. The lowest BCUT2D eigenvalue weighted by Gasteiger charge is -2.35. The van der Waals surface area contributed by atoms with Crippen LogP contribution in [0.2, 0.25) is 0 Å². The highest BCUT2D eigenvalue weighted by Crippen LogP contribution is 2.51. The highest BCUT2D eigenvalue weighted by molar-refractivity contribution is 9.10. The minimum atomic E-state index is -0.786. The number of nitrogens with one attached hydrogen (secondary N) is 1. The fraction of sp³-hybridized carbons (Fsp3) is 0.350. The Kier molecular flexibility index (Phi) is 3.59. The number of aromatic nitrogens is 1. The van der Waals surface area contributed by atoms with Crippen molar-refractivity contribution in [1.29, 1.82) is 0 Å². The third-order valence-electron chi connectivity index (χ3n) is 5.91. The quantitative estimate of drug-likeness (QED) is 0.794. The van der Waals surface area contributed by atoms with Gasteiger partial charge in [-0.3, -0.25) is 15.1 Å². The van der Waals surface area contributed by atoms with Gasteiger partial charge in [0.1, 0.15) is 0 Å². The second-order valence-corrected chi connectivity index (χ2v) is 8.41. The molecule has 1 aromatic heterocycles. The fourth-order valence-electron chi connectivity index (χ4n) is 4.34. The Hall–Kier alpha value is -2.41. The van der Waals surface area contributed by atoms with E-state index >= 15 is 0 Å². The van der Waals surface area contributed by atoms with Crippen molar-refractivity contribution in [2.75, 3.05) is 18.4 Å². The van der Waals surface area contributed by atoms with Gasteiger partial charge in [-0.1, -0.05) is 28.1 Å². The molecule has 1 spiro atoms. The number of fused-ring (bicyclic) bond motifs is 2. The van der Waals surface area contributed by atoms with E-state index in [0.29, 0.717) is 25.2 Å². The van der Waals surface area contributed by atoms with Crippen molar-refractivity contribution in [1.82, 2.24) is 9.88 Å². The van der Waals surface area contributed by atoms with E-state index in [-0.39, 0.29) is 5.91 Å². The van der Waals surface area contributed by atoms with Crippen LogP contribution in [0.5, 0.6) is 0 Å². The van der Waals surface area contributed by atoms with Crippen LogP contribution in [0.25, 0.3) is 0 Å². The van der Waals surface area contributed by atoms with E-state index in [9.17, 15) is 9.59 Å². The maximum absolute atomic E-state index is 13.4. The average Bonchev–Trinajstić information content (AvgIpc) is 3.37. The Morgan fingerprint density at radius 3 is 2.70 bits per heavy atom. The molecule has 5 rings (SSSR count). The van der Waals surface area contributed by atoms with E-state index in [1.54, 1.807) is 12.4 Å². The van der Waals surface area contributed by atoms with Gasteiger partial charge in [-0.2, -0.15) is 0 Å². The number of likely N-dealkylation sites (tertiary alicyclic amines) is 1. The molecule has 1 unspecified atom stereocenters. The van der Waals surface area contributed by atoms with E-state index in [4.69, 9.17) is 4.74 Å². The molecule has 138 valence electrons. The van der Waals surface area contributed by atoms with Crippen LogP contribution in [-0.4, -0.2) is 35.0 Å². The predicted octanol–water partition coefficient (Wildman–Crippen LogP) is 3.57. The number of benzene rings is 1. The molecule has 27 heavy (non-hydrogen) atoms. The Balaban J connectivity index is 1.44. The van der Waals surface area contributed by atoms with Crippen LogP contribution >= 0.6 is 15.9 Å². The SMILES string of the molecule is O=C1Nc2cnccc2C2(CCN(C(=O)C3(c4ccc(Br)cc4)CC3)C2)O1. The molecule has 1 atom stereocenters. The molecule has 1 saturated carbocycles. The van der Waals surface area contributed by atoms with Gasteiger partial charge in [0.05, 0.1) is 23.8 Å². The summed E-state index contributed by atoms with van der Waals surface area (Å²) < 4.78 is 6.72. The molecule has 3 aliphatic rings. The number of anilines is 1. The monoisotopic (exact) mass is 427 g/mol. The zero-order valence-corrected chi connectivity index (χ0v) is 16.2. The van der Waals surface area contributed by atoms with Crippen LogP contribution in [0.1, 0.15) is 30.4 Å². The summed E-state index contributed by atoms with van der Waals surface area (Å²) in [5, 5.41) is 2.70. The molecule has 1 saturated heterocycles. The van der Waals surface area contributed by atoms with E-state index in [2.05, 4.69) is 26.2 Å². The zero-order chi connectivity index (χ0) is 18.6. The highest BCUT2D eigenvalue weighted by Gasteiger charge is 2.57. The Morgan fingerprint density at radius 1 is 1.19 bits per heavy atom. The Labute approximate surface area is 165 Å². The highest BCUT2D eigenvalue weighted by atomic mass is 79.9. The van der Waals surface area contributed by atoms with Gasteiger partial charge in [0, 0.05) is 29.2 Å². The van der Waals surface area contributed by atoms with Crippen LogP contribution in [0.15, 0.2) is 47.2 Å². The minimum absolute atomic E-state index is 0.131. The first-order chi connectivity index (χ1) is 13.0. The summed E-state index contributed by atoms with van der Waals surface area (Å²) >= 11 is 3.45. The van der Waals surface area contributed by atoms with Crippen LogP contribution in [0.4, 0.5) is 10.5 Å². The van der Waals surface area contributed by atoms with E-state index in [1.165, 1.54) is 0 Å². The van der Waals surface area contributed by atoms with Crippen LogP contribution in [0.3, 0.4) is 0 Å². The van der Waals surface area contributed by atoms with E-state index in [1.807, 2.05) is 35.2 Å². The number of amides is 2. The second kappa shape index (κ2) is 5.79. The van der Waals surface area contributed by atoms with Crippen molar-refractivity contribution in [2.45, 2.75) is 30.3 Å². The molecule has 0 radical (unpaired) electrons. The maximum atomic E-state index is 13.4. The predicted molar refractivity (Wildman–Crippen MR) is 102 cm³/mol. The van der Waals surface area contributed by atoms with Crippen molar-refractivity contribution in [3.63, 3.8) is 0 Å². The summed E-state index contributed by atoms with van der Waals surface area (Å²) in [6.45, 7) is 0.959. The largest absolute Gasteiger partial charge is 0.436 e. The van der Waals surface area contributed by atoms with Gasteiger partial charge in [0.15, 0.2) is 5.60 Å². The molecule has 6 nitrogen and oxygen atoms in total. The molecule has 0 bridgehead atoms. The lowest BCUT2D eigenvalue weighted by molar-refractivity contribution is -0.134. The summed E-state index contributed by atoms with van der Waals surface area (Å²) in [6.07, 6.45) is 5.15. The van der Waals surface area contributed by atoms with Gasteiger partial charge in [-0.25, -0.2) is 4.79 Å². The molecule has 2 aromatic rings. The summed E-state index contributed by atoms with van der Waals surface area (Å²) in [7, 11) is 0. The smallest absolute Gasteiger partial charge is 0.412 e. The molecule has 7 heteroatoms. The Morgan fingerprint density at radius 2 is 1.96 bits per heavy atom. The third-order valence-corrected chi connectivity index (χ3v) is 6.44.